The van der Waals surface area contributed by atoms with E-state index in [4.69, 9.17) is 0 Å². The summed E-state index contributed by atoms with van der Waals surface area (Å²) in [5.74, 6) is -0.107. The van der Waals surface area contributed by atoms with E-state index in [9.17, 15) is 13.2 Å². The molecule has 3 rings (SSSR count). The quantitative estimate of drug-likeness (QED) is 0.388. The first-order chi connectivity index (χ1) is 14.5. The number of hydrogen-bond donors (Lipinski definition) is 0. The molecule has 2 aromatic carbocycles. The van der Waals surface area contributed by atoms with Crippen molar-refractivity contribution in [3.05, 3.63) is 70.0 Å². The van der Waals surface area contributed by atoms with Crippen LogP contribution in [0.3, 0.4) is 0 Å². The molecule has 1 aliphatic carbocycles. The van der Waals surface area contributed by atoms with Crippen molar-refractivity contribution in [1.29, 1.82) is 0 Å². The standard InChI is InChI=1S/C27H35F3/c1-3-5-19-6-8-20(9-7-19)10-11-21-12-13-23(25(28)18-21)15-17-24-16-14-22(4-2)26(29)27(24)30/h12-14,16,18-20H,3-11,15,17H2,1-2H3. The molecule has 1 fully saturated rings. The van der Waals surface area contributed by atoms with Gasteiger partial charge in [-0.25, -0.2) is 13.2 Å². The molecule has 0 aromatic heterocycles. The molecule has 0 spiro atoms. The molecule has 0 unspecified atom stereocenters. The third kappa shape index (κ3) is 5.89. The highest BCUT2D eigenvalue weighted by molar-refractivity contribution is 5.29. The van der Waals surface area contributed by atoms with Gasteiger partial charge in [-0.15, -0.1) is 0 Å². The van der Waals surface area contributed by atoms with Gasteiger partial charge < -0.3 is 0 Å². The fourth-order valence-electron chi connectivity index (χ4n) is 4.90. The number of aryl methyl sites for hydroxylation is 4. The van der Waals surface area contributed by atoms with Crippen LogP contribution in [-0.4, -0.2) is 0 Å². The molecule has 0 nitrogen and oxygen atoms in total. The second-order valence-corrected chi connectivity index (χ2v) is 9.01. The molecule has 1 saturated carbocycles. The van der Waals surface area contributed by atoms with Gasteiger partial charge in [-0.3, -0.25) is 0 Å². The first-order valence-electron chi connectivity index (χ1n) is 11.7. The Morgan fingerprint density at radius 2 is 1.27 bits per heavy atom. The van der Waals surface area contributed by atoms with E-state index in [0.29, 0.717) is 36.0 Å². The first-order valence-corrected chi connectivity index (χ1v) is 11.7. The predicted octanol–water partition coefficient (Wildman–Crippen LogP) is 7.99. The van der Waals surface area contributed by atoms with Crippen LogP contribution in [-0.2, 0) is 25.7 Å². The molecule has 0 bridgehead atoms. The highest BCUT2D eigenvalue weighted by Gasteiger charge is 2.20. The lowest BCUT2D eigenvalue weighted by molar-refractivity contribution is 0.252. The van der Waals surface area contributed by atoms with Crippen LogP contribution in [0.25, 0.3) is 0 Å². The summed E-state index contributed by atoms with van der Waals surface area (Å²) in [5.41, 5.74) is 2.30. The first kappa shape index (κ1) is 22.9. The maximum atomic E-state index is 14.6. The highest BCUT2D eigenvalue weighted by Crippen LogP contribution is 2.34. The van der Waals surface area contributed by atoms with Crippen molar-refractivity contribution >= 4 is 0 Å². The number of hydrogen-bond acceptors (Lipinski definition) is 0. The van der Waals surface area contributed by atoms with Gasteiger partial charge in [0.15, 0.2) is 11.6 Å². The molecule has 1 aliphatic rings. The number of rotatable bonds is 9. The summed E-state index contributed by atoms with van der Waals surface area (Å²) in [6.07, 6.45) is 11.1. The molecule has 0 saturated heterocycles. The average molecular weight is 417 g/mol. The smallest absolute Gasteiger partial charge is 0.162 e. The van der Waals surface area contributed by atoms with Crippen LogP contribution in [0, 0.1) is 29.3 Å². The average Bonchev–Trinajstić information content (AvgIpc) is 2.75. The van der Waals surface area contributed by atoms with Gasteiger partial charge >= 0.3 is 0 Å². The van der Waals surface area contributed by atoms with Gasteiger partial charge in [0, 0.05) is 0 Å². The van der Waals surface area contributed by atoms with Crippen LogP contribution in [0.15, 0.2) is 30.3 Å². The van der Waals surface area contributed by atoms with Crippen LogP contribution in [0.5, 0.6) is 0 Å². The molecular weight excluding hydrogens is 381 g/mol. The lowest BCUT2D eigenvalue weighted by atomic mass is 9.78. The summed E-state index contributed by atoms with van der Waals surface area (Å²) in [7, 11) is 0. The van der Waals surface area contributed by atoms with E-state index in [1.807, 2.05) is 12.1 Å². The minimum absolute atomic E-state index is 0.231. The molecule has 0 aliphatic heterocycles. The molecule has 3 heteroatoms. The third-order valence-electron chi connectivity index (χ3n) is 6.91. The zero-order chi connectivity index (χ0) is 21.5. The fourth-order valence-corrected chi connectivity index (χ4v) is 4.90. The normalized spacial score (nSPS) is 19.2. The Balaban J connectivity index is 1.51. The zero-order valence-electron chi connectivity index (χ0n) is 18.5. The van der Waals surface area contributed by atoms with Crippen molar-refractivity contribution in [1.82, 2.24) is 0 Å². The number of halogens is 3. The summed E-state index contributed by atoms with van der Waals surface area (Å²) in [5, 5.41) is 0. The highest BCUT2D eigenvalue weighted by atomic mass is 19.2. The lowest BCUT2D eigenvalue weighted by Gasteiger charge is -2.28. The maximum Gasteiger partial charge on any atom is 0.162 e. The summed E-state index contributed by atoms with van der Waals surface area (Å²) >= 11 is 0. The van der Waals surface area contributed by atoms with Crippen LogP contribution in [0.2, 0.25) is 0 Å². The van der Waals surface area contributed by atoms with Gasteiger partial charge in [-0.05, 0) is 72.3 Å². The zero-order valence-corrected chi connectivity index (χ0v) is 18.5. The Hall–Kier alpha value is -1.77. The van der Waals surface area contributed by atoms with E-state index in [-0.39, 0.29) is 5.82 Å². The SMILES string of the molecule is CCCC1CCC(CCc2ccc(CCc3ccc(CC)c(F)c3F)c(F)c2)CC1. The second-order valence-electron chi connectivity index (χ2n) is 9.01. The molecule has 0 N–H and O–H groups in total. The van der Waals surface area contributed by atoms with E-state index >= 15 is 0 Å². The minimum atomic E-state index is -0.792. The Morgan fingerprint density at radius 1 is 0.700 bits per heavy atom. The lowest BCUT2D eigenvalue weighted by Crippen LogP contribution is -2.15. The van der Waals surface area contributed by atoms with Crippen molar-refractivity contribution in [2.75, 3.05) is 0 Å². The van der Waals surface area contributed by atoms with Crippen LogP contribution in [0.4, 0.5) is 13.2 Å². The number of benzene rings is 2. The monoisotopic (exact) mass is 416 g/mol. The van der Waals surface area contributed by atoms with Crippen molar-refractivity contribution < 1.29 is 13.2 Å². The van der Waals surface area contributed by atoms with E-state index in [0.717, 1.165) is 30.2 Å². The molecule has 30 heavy (non-hydrogen) atoms. The summed E-state index contributed by atoms with van der Waals surface area (Å²) in [4.78, 5) is 0. The van der Waals surface area contributed by atoms with Gasteiger partial charge in [0.2, 0.25) is 0 Å². The van der Waals surface area contributed by atoms with Gasteiger partial charge in [0.1, 0.15) is 5.82 Å². The Morgan fingerprint density at radius 3 is 1.90 bits per heavy atom. The Kier molecular flexibility index (Phi) is 8.41. The van der Waals surface area contributed by atoms with Crippen molar-refractivity contribution in [2.24, 2.45) is 11.8 Å². The molecule has 0 radical (unpaired) electrons. The van der Waals surface area contributed by atoms with Gasteiger partial charge in [0.25, 0.3) is 0 Å². The maximum absolute atomic E-state index is 14.6. The van der Waals surface area contributed by atoms with Crippen LogP contribution in [0.1, 0.15) is 81.0 Å². The fraction of sp³-hybridized carbons (Fsp3) is 0.556. The largest absolute Gasteiger partial charge is 0.207 e. The van der Waals surface area contributed by atoms with Gasteiger partial charge in [-0.2, -0.15) is 0 Å². The molecule has 0 amide bonds. The molecule has 0 heterocycles. The third-order valence-corrected chi connectivity index (χ3v) is 6.91. The van der Waals surface area contributed by atoms with Crippen LogP contribution >= 0.6 is 0 Å². The molecule has 164 valence electrons. The van der Waals surface area contributed by atoms with Gasteiger partial charge in [-0.1, -0.05) is 76.6 Å². The Labute approximate surface area is 179 Å². The van der Waals surface area contributed by atoms with Gasteiger partial charge in [0.05, 0.1) is 0 Å². The topological polar surface area (TPSA) is 0 Å². The van der Waals surface area contributed by atoms with Crippen molar-refractivity contribution in [3.8, 4) is 0 Å². The summed E-state index contributed by atoms with van der Waals surface area (Å²) in [6.45, 7) is 4.06. The van der Waals surface area contributed by atoms with Crippen LogP contribution < -0.4 is 0 Å². The minimum Gasteiger partial charge on any atom is -0.207 e. The predicted molar refractivity (Wildman–Crippen MR) is 118 cm³/mol. The molecule has 2 aromatic rings. The van der Waals surface area contributed by atoms with E-state index in [1.165, 1.54) is 38.5 Å². The van der Waals surface area contributed by atoms with E-state index in [2.05, 4.69) is 6.92 Å². The summed E-state index contributed by atoms with van der Waals surface area (Å²) < 4.78 is 42.7. The van der Waals surface area contributed by atoms with E-state index in [1.54, 1.807) is 25.1 Å². The Bertz CT molecular complexity index is 819. The molecular formula is C27H35F3. The van der Waals surface area contributed by atoms with E-state index < -0.39 is 11.6 Å². The molecule has 0 atom stereocenters. The van der Waals surface area contributed by atoms with Crippen molar-refractivity contribution in [3.63, 3.8) is 0 Å². The van der Waals surface area contributed by atoms with Crippen molar-refractivity contribution in [2.45, 2.75) is 84.5 Å². The summed E-state index contributed by atoms with van der Waals surface area (Å²) in [6, 6.07) is 8.70. The second kappa shape index (κ2) is 11.0.